The van der Waals surface area contributed by atoms with Crippen molar-refractivity contribution in [1.29, 1.82) is 0 Å². The zero-order valence-corrected chi connectivity index (χ0v) is 8.86. The molecule has 0 atom stereocenters. The van der Waals surface area contributed by atoms with Crippen LogP contribution in [0.4, 0.5) is 0 Å². The standard InChI is InChI=1S/C10H13NO5/c1-7(2)10(15)11-5-6-16-9(14)4-3-8(12)13/h3-4H,1,5-6H2,2H3,(H,11,15)(H,12,13)/b4-3-. The molecule has 16 heavy (non-hydrogen) atoms. The molecule has 0 saturated heterocycles. The Morgan fingerprint density at radius 1 is 1.38 bits per heavy atom. The zero-order chi connectivity index (χ0) is 12.6. The lowest BCUT2D eigenvalue weighted by Gasteiger charge is -2.04. The van der Waals surface area contributed by atoms with Gasteiger partial charge in [-0.2, -0.15) is 0 Å². The molecule has 0 spiro atoms. The Balaban J connectivity index is 3.67. The predicted molar refractivity (Wildman–Crippen MR) is 55.6 cm³/mol. The highest BCUT2D eigenvalue weighted by Crippen LogP contribution is 1.85. The lowest BCUT2D eigenvalue weighted by molar-refractivity contribution is -0.138. The van der Waals surface area contributed by atoms with E-state index in [0.717, 1.165) is 6.08 Å². The second-order valence-electron chi connectivity index (χ2n) is 2.88. The normalized spacial score (nSPS) is 9.81. The fourth-order valence-electron chi connectivity index (χ4n) is 0.655. The van der Waals surface area contributed by atoms with Crippen molar-refractivity contribution in [1.82, 2.24) is 5.32 Å². The van der Waals surface area contributed by atoms with Gasteiger partial charge in [-0.15, -0.1) is 0 Å². The molecular formula is C10H13NO5. The number of rotatable bonds is 6. The van der Waals surface area contributed by atoms with E-state index in [1.54, 1.807) is 6.92 Å². The Hall–Kier alpha value is -2.11. The van der Waals surface area contributed by atoms with Gasteiger partial charge in [0, 0.05) is 17.7 Å². The van der Waals surface area contributed by atoms with Crippen LogP contribution in [-0.2, 0) is 19.1 Å². The molecule has 2 N–H and O–H groups in total. The molecule has 0 aromatic carbocycles. The molecule has 0 saturated carbocycles. The Bertz CT molecular complexity index is 332. The number of aliphatic carboxylic acids is 1. The fraction of sp³-hybridized carbons (Fsp3) is 0.300. The average molecular weight is 227 g/mol. The lowest BCUT2D eigenvalue weighted by atomic mass is 10.3. The molecule has 0 radical (unpaired) electrons. The number of carbonyl (C=O) groups excluding carboxylic acids is 2. The number of carbonyl (C=O) groups is 3. The highest BCUT2D eigenvalue weighted by Gasteiger charge is 2.01. The molecule has 88 valence electrons. The molecule has 0 aliphatic carbocycles. The van der Waals surface area contributed by atoms with Gasteiger partial charge in [0.2, 0.25) is 5.91 Å². The minimum atomic E-state index is -1.23. The Kier molecular flexibility index (Phi) is 6.27. The molecular weight excluding hydrogens is 214 g/mol. The van der Waals surface area contributed by atoms with Crippen LogP contribution in [0.2, 0.25) is 0 Å². The number of carboxylic acid groups (broad SMARTS) is 1. The van der Waals surface area contributed by atoms with Crippen molar-refractivity contribution in [2.75, 3.05) is 13.2 Å². The first kappa shape index (κ1) is 13.9. The van der Waals surface area contributed by atoms with Crippen LogP contribution in [0.1, 0.15) is 6.92 Å². The van der Waals surface area contributed by atoms with Gasteiger partial charge in [0.25, 0.3) is 0 Å². The van der Waals surface area contributed by atoms with E-state index in [4.69, 9.17) is 5.11 Å². The number of carboxylic acids is 1. The molecule has 0 aromatic rings. The summed E-state index contributed by atoms with van der Waals surface area (Å²) in [5.74, 6) is -2.32. The van der Waals surface area contributed by atoms with Gasteiger partial charge >= 0.3 is 11.9 Å². The van der Waals surface area contributed by atoms with Gasteiger partial charge in [0.1, 0.15) is 6.61 Å². The van der Waals surface area contributed by atoms with Gasteiger partial charge in [-0.1, -0.05) is 6.58 Å². The fourth-order valence-corrected chi connectivity index (χ4v) is 0.655. The zero-order valence-electron chi connectivity index (χ0n) is 8.86. The average Bonchev–Trinajstić information content (AvgIpc) is 2.20. The molecule has 0 heterocycles. The van der Waals surface area contributed by atoms with Gasteiger partial charge in [-0.25, -0.2) is 9.59 Å². The summed E-state index contributed by atoms with van der Waals surface area (Å²) < 4.78 is 4.59. The number of hydrogen-bond acceptors (Lipinski definition) is 4. The third-order valence-corrected chi connectivity index (χ3v) is 1.38. The lowest BCUT2D eigenvalue weighted by Crippen LogP contribution is -2.28. The SMILES string of the molecule is C=C(C)C(=O)NCCOC(=O)/C=C\C(=O)O. The van der Waals surface area contributed by atoms with E-state index in [1.165, 1.54) is 0 Å². The smallest absolute Gasteiger partial charge is 0.331 e. The van der Waals surface area contributed by atoms with Crippen molar-refractivity contribution in [2.45, 2.75) is 6.92 Å². The van der Waals surface area contributed by atoms with Crippen molar-refractivity contribution >= 4 is 17.8 Å². The summed E-state index contributed by atoms with van der Waals surface area (Å²) in [5.41, 5.74) is 0.358. The highest BCUT2D eigenvalue weighted by molar-refractivity contribution is 5.92. The second-order valence-corrected chi connectivity index (χ2v) is 2.88. The number of esters is 1. The molecule has 0 rings (SSSR count). The van der Waals surface area contributed by atoms with E-state index in [0.29, 0.717) is 11.6 Å². The number of ether oxygens (including phenoxy) is 1. The number of hydrogen-bond donors (Lipinski definition) is 2. The molecule has 6 heteroatoms. The van der Waals surface area contributed by atoms with E-state index >= 15 is 0 Å². The minimum Gasteiger partial charge on any atom is -0.478 e. The van der Waals surface area contributed by atoms with Gasteiger partial charge < -0.3 is 15.2 Å². The first-order chi connectivity index (χ1) is 7.43. The van der Waals surface area contributed by atoms with Crippen LogP contribution in [-0.4, -0.2) is 36.1 Å². The Morgan fingerprint density at radius 3 is 2.50 bits per heavy atom. The van der Waals surface area contributed by atoms with Crippen molar-refractivity contribution in [3.05, 3.63) is 24.3 Å². The van der Waals surface area contributed by atoms with Crippen molar-refractivity contribution in [2.24, 2.45) is 0 Å². The minimum absolute atomic E-state index is 0.0260. The maximum Gasteiger partial charge on any atom is 0.331 e. The van der Waals surface area contributed by atoms with E-state index in [-0.39, 0.29) is 19.1 Å². The topological polar surface area (TPSA) is 92.7 Å². The maximum atomic E-state index is 11.0. The third kappa shape index (κ3) is 7.31. The molecule has 0 fully saturated rings. The summed E-state index contributed by atoms with van der Waals surface area (Å²) in [6.07, 6.45) is 1.47. The van der Waals surface area contributed by atoms with Crippen LogP contribution in [0.3, 0.4) is 0 Å². The first-order valence-electron chi connectivity index (χ1n) is 4.45. The van der Waals surface area contributed by atoms with Gasteiger partial charge in [0.15, 0.2) is 0 Å². The molecule has 0 aromatic heterocycles. The van der Waals surface area contributed by atoms with E-state index in [1.807, 2.05) is 0 Å². The van der Waals surface area contributed by atoms with Crippen molar-refractivity contribution < 1.29 is 24.2 Å². The Morgan fingerprint density at radius 2 is 2.00 bits per heavy atom. The first-order valence-corrected chi connectivity index (χ1v) is 4.45. The quantitative estimate of drug-likeness (QED) is 0.374. The second kappa shape index (κ2) is 7.22. The number of amides is 1. The summed E-state index contributed by atoms with van der Waals surface area (Å²) in [4.78, 5) is 31.8. The molecule has 0 aliphatic rings. The largest absolute Gasteiger partial charge is 0.478 e. The summed E-state index contributed by atoms with van der Waals surface area (Å²) in [5, 5.41) is 10.7. The van der Waals surface area contributed by atoms with Crippen LogP contribution in [0.15, 0.2) is 24.3 Å². The van der Waals surface area contributed by atoms with Crippen molar-refractivity contribution in [3.63, 3.8) is 0 Å². The summed E-state index contributed by atoms with van der Waals surface area (Å²) in [6.45, 7) is 5.10. The van der Waals surface area contributed by atoms with E-state index in [2.05, 4.69) is 16.6 Å². The van der Waals surface area contributed by atoms with Crippen LogP contribution in [0.5, 0.6) is 0 Å². The summed E-state index contributed by atoms with van der Waals surface area (Å²) in [7, 11) is 0. The maximum absolute atomic E-state index is 11.0. The molecule has 0 bridgehead atoms. The van der Waals surface area contributed by atoms with Crippen LogP contribution < -0.4 is 5.32 Å². The molecule has 0 aliphatic heterocycles. The van der Waals surface area contributed by atoms with Crippen LogP contribution in [0, 0.1) is 0 Å². The van der Waals surface area contributed by atoms with Gasteiger partial charge in [-0.05, 0) is 6.92 Å². The monoisotopic (exact) mass is 227 g/mol. The molecule has 0 unspecified atom stereocenters. The van der Waals surface area contributed by atoms with Gasteiger partial charge in [-0.3, -0.25) is 4.79 Å². The predicted octanol–water partition coefficient (Wildman–Crippen LogP) is -0.137. The highest BCUT2D eigenvalue weighted by atomic mass is 16.5. The van der Waals surface area contributed by atoms with Gasteiger partial charge in [0.05, 0.1) is 6.54 Å². The van der Waals surface area contributed by atoms with Crippen LogP contribution in [0.25, 0.3) is 0 Å². The van der Waals surface area contributed by atoms with Crippen molar-refractivity contribution in [3.8, 4) is 0 Å². The van der Waals surface area contributed by atoms with Crippen LogP contribution >= 0.6 is 0 Å². The van der Waals surface area contributed by atoms with E-state index in [9.17, 15) is 14.4 Å². The molecule has 1 amide bonds. The number of nitrogens with one attached hydrogen (secondary N) is 1. The van der Waals surface area contributed by atoms with E-state index < -0.39 is 11.9 Å². The summed E-state index contributed by atoms with van der Waals surface area (Å²) in [6, 6.07) is 0. The summed E-state index contributed by atoms with van der Waals surface area (Å²) >= 11 is 0. The molecule has 6 nitrogen and oxygen atoms in total. The third-order valence-electron chi connectivity index (χ3n) is 1.38. The Labute approximate surface area is 92.6 Å².